The van der Waals surface area contributed by atoms with Gasteiger partial charge in [-0.2, -0.15) is 0 Å². The molecule has 0 saturated heterocycles. The summed E-state index contributed by atoms with van der Waals surface area (Å²) in [6.07, 6.45) is 0. The van der Waals surface area contributed by atoms with Gasteiger partial charge in [-0.15, -0.1) is 0 Å². The van der Waals surface area contributed by atoms with Crippen molar-refractivity contribution in [1.82, 2.24) is 5.32 Å². The quantitative estimate of drug-likeness (QED) is 0.460. The molecule has 1 amide bonds. The lowest BCUT2D eigenvalue weighted by atomic mass is 10.1. The topological polar surface area (TPSA) is 84.3 Å². The molecular weight excluding hydrogens is 296 g/mol. The smallest absolute Gasteiger partial charge is 0.292 e. The minimum Gasteiger partial charge on any atom is -0.378 e. The van der Waals surface area contributed by atoms with Gasteiger partial charge in [0.05, 0.1) is 4.92 Å². The van der Waals surface area contributed by atoms with Crippen molar-refractivity contribution in [2.45, 2.75) is 26.7 Å². The Kier molecular flexibility index (Phi) is 5.78. The van der Waals surface area contributed by atoms with Gasteiger partial charge in [-0.25, -0.2) is 8.78 Å². The zero-order chi connectivity index (χ0) is 16.9. The molecule has 0 atom stereocenters. The first-order valence-electron chi connectivity index (χ1n) is 6.81. The zero-order valence-electron chi connectivity index (χ0n) is 12.7. The molecule has 0 unspecified atom stereocenters. The van der Waals surface area contributed by atoms with Gasteiger partial charge in [-0.1, -0.05) is 19.9 Å². The van der Waals surface area contributed by atoms with Crippen LogP contribution in [0.1, 0.15) is 26.3 Å². The van der Waals surface area contributed by atoms with Crippen molar-refractivity contribution in [3.8, 4) is 0 Å². The number of alkyl halides is 2. The SMILES string of the molecule is CC(C)C(=O)NCCNc1ccc(C(C)(F)F)cc1[N+](=O)[O-]. The van der Waals surface area contributed by atoms with E-state index in [1.165, 1.54) is 6.07 Å². The molecule has 0 bridgehead atoms. The molecule has 0 aliphatic carbocycles. The molecule has 0 aliphatic rings. The molecule has 0 radical (unpaired) electrons. The van der Waals surface area contributed by atoms with Crippen LogP contribution < -0.4 is 10.6 Å². The Bertz CT molecular complexity index is 557. The van der Waals surface area contributed by atoms with Gasteiger partial charge in [0.2, 0.25) is 5.91 Å². The maximum Gasteiger partial charge on any atom is 0.292 e. The third kappa shape index (κ3) is 4.94. The molecule has 0 aromatic heterocycles. The van der Waals surface area contributed by atoms with E-state index in [0.29, 0.717) is 6.92 Å². The van der Waals surface area contributed by atoms with Crippen LogP contribution >= 0.6 is 0 Å². The second-order valence-corrected chi connectivity index (χ2v) is 5.25. The van der Waals surface area contributed by atoms with Crippen molar-refractivity contribution in [2.24, 2.45) is 5.92 Å². The first-order chi connectivity index (χ1) is 10.1. The first kappa shape index (κ1) is 17.8. The summed E-state index contributed by atoms with van der Waals surface area (Å²) < 4.78 is 26.4. The summed E-state index contributed by atoms with van der Waals surface area (Å²) in [5, 5.41) is 16.4. The van der Waals surface area contributed by atoms with Crippen molar-refractivity contribution in [2.75, 3.05) is 18.4 Å². The summed E-state index contributed by atoms with van der Waals surface area (Å²) in [5.41, 5.74) is -0.705. The number of nitrogens with one attached hydrogen (secondary N) is 2. The molecule has 122 valence electrons. The third-order valence-corrected chi connectivity index (χ3v) is 2.97. The molecule has 0 spiro atoms. The molecule has 1 aromatic carbocycles. The van der Waals surface area contributed by atoms with Gasteiger partial charge < -0.3 is 10.6 Å². The molecule has 22 heavy (non-hydrogen) atoms. The monoisotopic (exact) mass is 315 g/mol. The van der Waals surface area contributed by atoms with Crippen LogP contribution in [0.15, 0.2) is 18.2 Å². The Hall–Kier alpha value is -2.25. The number of nitro groups is 1. The normalized spacial score (nSPS) is 11.4. The molecule has 0 fully saturated rings. The number of rotatable bonds is 7. The lowest BCUT2D eigenvalue weighted by Gasteiger charge is -2.13. The minimum atomic E-state index is -3.14. The number of halogens is 2. The van der Waals surface area contributed by atoms with Crippen molar-refractivity contribution in [3.63, 3.8) is 0 Å². The van der Waals surface area contributed by atoms with E-state index in [9.17, 15) is 23.7 Å². The Morgan fingerprint density at radius 3 is 2.50 bits per heavy atom. The molecule has 1 rings (SSSR count). The molecule has 2 N–H and O–H groups in total. The number of hydrogen-bond acceptors (Lipinski definition) is 4. The number of hydrogen-bond donors (Lipinski definition) is 2. The second-order valence-electron chi connectivity index (χ2n) is 5.25. The number of amides is 1. The lowest BCUT2D eigenvalue weighted by molar-refractivity contribution is -0.384. The number of carbonyl (C=O) groups is 1. The van der Waals surface area contributed by atoms with Gasteiger partial charge in [0.15, 0.2) is 0 Å². The van der Waals surface area contributed by atoms with Crippen molar-refractivity contribution in [1.29, 1.82) is 0 Å². The highest BCUT2D eigenvalue weighted by atomic mass is 19.3. The van der Waals surface area contributed by atoms with Crippen LogP contribution in [-0.2, 0) is 10.7 Å². The summed E-state index contributed by atoms with van der Waals surface area (Å²) in [5.74, 6) is -3.42. The van der Waals surface area contributed by atoms with Crippen LogP contribution in [0.2, 0.25) is 0 Å². The summed E-state index contributed by atoms with van der Waals surface area (Å²) in [7, 11) is 0. The van der Waals surface area contributed by atoms with E-state index >= 15 is 0 Å². The number of nitrogens with zero attached hydrogens (tertiary/aromatic N) is 1. The lowest BCUT2D eigenvalue weighted by Crippen LogP contribution is -2.31. The predicted molar refractivity (Wildman–Crippen MR) is 79.0 cm³/mol. The molecule has 0 saturated carbocycles. The van der Waals surface area contributed by atoms with Crippen molar-refractivity contribution >= 4 is 17.3 Å². The minimum absolute atomic E-state index is 0.128. The molecular formula is C14H19F2N3O3. The van der Waals surface area contributed by atoms with Crippen LogP contribution in [0.3, 0.4) is 0 Å². The largest absolute Gasteiger partial charge is 0.378 e. The summed E-state index contributed by atoms with van der Waals surface area (Å²) in [6.45, 7) is 4.70. The van der Waals surface area contributed by atoms with E-state index < -0.39 is 22.1 Å². The predicted octanol–water partition coefficient (Wildman–Crippen LogP) is 2.89. The van der Waals surface area contributed by atoms with Crippen molar-refractivity contribution in [3.05, 3.63) is 33.9 Å². The van der Waals surface area contributed by atoms with Gasteiger partial charge in [-0.3, -0.25) is 14.9 Å². The molecule has 6 nitrogen and oxygen atoms in total. The fourth-order valence-electron chi connectivity index (χ4n) is 1.69. The summed E-state index contributed by atoms with van der Waals surface area (Å²) in [4.78, 5) is 21.6. The van der Waals surface area contributed by atoms with E-state index in [2.05, 4.69) is 10.6 Å². The van der Waals surface area contributed by atoms with Crippen LogP contribution in [0.25, 0.3) is 0 Å². The van der Waals surface area contributed by atoms with E-state index in [-0.39, 0.29) is 30.6 Å². The highest BCUT2D eigenvalue weighted by Crippen LogP contribution is 2.33. The van der Waals surface area contributed by atoms with Crippen LogP contribution in [-0.4, -0.2) is 23.9 Å². The van der Waals surface area contributed by atoms with Crippen molar-refractivity contribution < 1.29 is 18.5 Å². The van der Waals surface area contributed by atoms with Gasteiger partial charge in [0, 0.05) is 37.6 Å². The van der Waals surface area contributed by atoms with E-state index in [0.717, 1.165) is 12.1 Å². The van der Waals surface area contributed by atoms with Crippen LogP contribution in [0.5, 0.6) is 0 Å². The van der Waals surface area contributed by atoms with Gasteiger partial charge >= 0.3 is 0 Å². The molecule has 0 heterocycles. The second kappa shape index (κ2) is 7.15. The van der Waals surface area contributed by atoms with Gasteiger partial charge in [0.1, 0.15) is 5.69 Å². The Balaban J connectivity index is 2.75. The van der Waals surface area contributed by atoms with E-state index in [1.807, 2.05) is 0 Å². The van der Waals surface area contributed by atoms with Gasteiger partial charge in [0.25, 0.3) is 11.6 Å². The summed E-state index contributed by atoms with van der Waals surface area (Å²) >= 11 is 0. The number of anilines is 1. The molecule has 1 aromatic rings. The summed E-state index contributed by atoms with van der Waals surface area (Å²) in [6, 6.07) is 3.24. The van der Waals surface area contributed by atoms with E-state index in [4.69, 9.17) is 0 Å². The maximum atomic E-state index is 13.2. The van der Waals surface area contributed by atoms with Crippen LogP contribution in [0, 0.1) is 16.0 Å². The third-order valence-electron chi connectivity index (χ3n) is 2.97. The Morgan fingerprint density at radius 2 is 2.00 bits per heavy atom. The highest BCUT2D eigenvalue weighted by Gasteiger charge is 2.27. The standard InChI is InChI=1S/C14H19F2N3O3/c1-9(2)13(20)18-7-6-17-11-5-4-10(14(3,15)16)8-12(11)19(21)22/h4-5,8-9,17H,6-7H2,1-3H3,(H,18,20). The fraction of sp³-hybridized carbons (Fsp3) is 0.500. The maximum absolute atomic E-state index is 13.2. The number of nitro benzene ring substituents is 1. The first-order valence-corrected chi connectivity index (χ1v) is 6.81. The average molecular weight is 315 g/mol. The zero-order valence-corrected chi connectivity index (χ0v) is 12.7. The highest BCUT2D eigenvalue weighted by molar-refractivity contribution is 5.77. The number of benzene rings is 1. The van der Waals surface area contributed by atoms with Crippen LogP contribution in [0.4, 0.5) is 20.2 Å². The average Bonchev–Trinajstić information content (AvgIpc) is 2.41. The van der Waals surface area contributed by atoms with Gasteiger partial charge in [-0.05, 0) is 6.07 Å². The number of carbonyl (C=O) groups excluding carboxylic acids is 1. The Morgan fingerprint density at radius 1 is 1.36 bits per heavy atom. The fourth-order valence-corrected chi connectivity index (χ4v) is 1.69. The Labute approximate surface area is 127 Å². The van der Waals surface area contributed by atoms with E-state index in [1.54, 1.807) is 13.8 Å². The molecule has 8 heteroatoms. The molecule has 0 aliphatic heterocycles.